The number of nitriles is 1. The smallest absolute Gasteiger partial charge is 0.270 e. The number of rotatable bonds is 4. The van der Waals surface area contributed by atoms with Crippen molar-refractivity contribution >= 4 is 23.1 Å². The van der Waals surface area contributed by atoms with Crippen molar-refractivity contribution in [1.29, 1.82) is 5.26 Å². The van der Waals surface area contributed by atoms with Crippen LogP contribution in [0.4, 0.5) is 21.6 Å². The highest BCUT2D eigenvalue weighted by molar-refractivity contribution is 5.94. The average molecular weight is 387 g/mol. The van der Waals surface area contributed by atoms with Gasteiger partial charge in [0.2, 0.25) is 0 Å². The summed E-state index contributed by atoms with van der Waals surface area (Å²) in [4.78, 5) is 17.0. The summed E-state index contributed by atoms with van der Waals surface area (Å²) in [5.74, 6) is -0.357. The number of nitrogens with one attached hydrogen (secondary N) is 2. The molecule has 0 bridgehead atoms. The maximum Gasteiger partial charge on any atom is 0.270 e. The standard InChI is InChI=1S/C22H18FN5O/c23-16-2-1-3-18(9-16)26-21-11-17(25)10-20(28-21)22(29)27-19-7-14-5-4-13(12-24)6-15(14)8-19/h1-6,9-11,19H,7-8H2,(H,27,29)(H3,25,26,28). The van der Waals surface area contributed by atoms with Crippen molar-refractivity contribution < 1.29 is 9.18 Å². The Morgan fingerprint density at radius 1 is 1.14 bits per heavy atom. The summed E-state index contributed by atoms with van der Waals surface area (Å²) < 4.78 is 13.4. The molecule has 6 nitrogen and oxygen atoms in total. The molecule has 1 unspecified atom stereocenters. The zero-order valence-electron chi connectivity index (χ0n) is 15.4. The topological polar surface area (TPSA) is 104 Å². The number of fused-ring (bicyclic) bond motifs is 1. The third-order valence-electron chi connectivity index (χ3n) is 4.78. The third-order valence-corrected chi connectivity index (χ3v) is 4.78. The highest BCUT2D eigenvalue weighted by Crippen LogP contribution is 2.24. The van der Waals surface area contributed by atoms with Crippen LogP contribution in [0.25, 0.3) is 0 Å². The fraction of sp³-hybridized carbons (Fsp3) is 0.136. The largest absolute Gasteiger partial charge is 0.399 e. The number of nitrogens with zero attached hydrogens (tertiary/aromatic N) is 2. The highest BCUT2D eigenvalue weighted by atomic mass is 19.1. The number of carbonyl (C=O) groups is 1. The monoisotopic (exact) mass is 387 g/mol. The van der Waals surface area contributed by atoms with Gasteiger partial charge in [-0.3, -0.25) is 4.79 Å². The van der Waals surface area contributed by atoms with Gasteiger partial charge in [-0.15, -0.1) is 0 Å². The van der Waals surface area contributed by atoms with Crippen LogP contribution in [0.5, 0.6) is 0 Å². The van der Waals surface area contributed by atoms with E-state index in [0.29, 0.717) is 35.6 Å². The molecular weight excluding hydrogens is 369 g/mol. The van der Waals surface area contributed by atoms with E-state index >= 15 is 0 Å². The summed E-state index contributed by atoms with van der Waals surface area (Å²) in [6, 6.07) is 16.7. The number of halogens is 1. The normalized spacial score (nSPS) is 14.7. The van der Waals surface area contributed by atoms with Gasteiger partial charge in [-0.1, -0.05) is 12.1 Å². The Balaban J connectivity index is 1.48. The maximum absolute atomic E-state index is 13.4. The van der Waals surface area contributed by atoms with Gasteiger partial charge in [0.15, 0.2) is 0 Å². The lowest BCUT2D eigenvalue weighted by molar-refractivity contribution is 0.0933. The quantitative estimate of drug-likeness (QED) is 0.637. The number of nitrogens with two attached hydrogens (primary N) is 1. The molecule has 3 aromatic rings. The van der Waals surface area contributed by atoms with Gasteiger partial charge in [0.25, 0.3) is 5.91 Å². The first-order valence-corrected chi connectivity index (χ1v) is 9.13. The summed E-state index contributed by atoms with van der Waals surface area (Å²) >= 11 is 0. The molecule has 0 saturated heterocycles. The summed E-state index contributed by atoms with van der Waals surface area (Å²) in [5, 5.41) is 15.0. The van der Waals surface area contributed by atoms with Crippen molar-refractivity contribution in [2.24, 2.45) is 0 Å². The van der Waals surface area contributed by atoms with Crippen molar-refractivity contribution in [2.75, 3.05) is 11.1 Å². The van der Waals surface area contributed by atoms with Gasteiger partial charge in [-0.25, -0.2) is 9.37 Å². The summed E-state index contributed by atoms with van der Waals surface area (Å²) in [5.41, 5.74) is 9.80. The van der Waals surface area contributed by atoms with Crippen LogP contribution in [-0.4, -0.2) is 16.9 Å². The van der Waals surface area contributed by atoms with E-state index in [-0.39, 0.29) is 23.5 Å². The predicted octanol–water partition coefficient (Wildman–Crippen LogP) is 3.32. The van der Waals surface area contributed by atoms with E-state index in [1.54, 1.807) is 24.3 Å². The predicted molar refractivity (Wildman–Crippen MR) is 108 cm³/mol. The van der Waals surface area contributed by atoms with Gasteiger partial charge >= 0.3 is 0 Å². The first-order valence-electron chi connectivity index (χ1n) is 9.13. The third kappa shape index (κ3) is 4.17. The first-order chi connectivity index (χ1) is 14.0. The lowest BCUT2D eigenvalue weighted by Gasteiger charge is -2.13. The van der Waals surface area contributed by atoms with Crippen LogP contribution in [-0.2, 0) is 12.8 Å². The van der Waals surface area contributed by atoms with E-state index in [1.807, 2.05) is 12.1 Å². The van der Waals surface area contributed by atoms with Crippen molar-refractivity contribution in [3.63, 3.8) is 0 Å². The van der Waals surface area contributed by atoms with Gasteiger partial charge in [0.05, 0.1) is 11.6 Å². The lowest BCUT2D eigenvalue weighted by atomic mass is 10.1. The number of hydrogen-bond donors (Lipinski definition) is 3. The molecule has 7 heteroatoms. The second-order valence-electron chi connectivity index (χ2n) is 6.98. The van der Waals surface area contributed by atoms with E-state index in [2.05, 4.69) is 21.7 Å². The van der Waals surface area contributed by atoms with Crippen molar-refractivity contribution in [2.45, 2.75) is 18.9 Å². The number of pyridine rings is 1. The minimum Gasteiger partial charge on any atom is -0.399 e. The fourth-order valence-corrected chi connectivity index (χ4v) is 3.50. The first kappa shape index (κ1) is 18.4. The molecule has 144 valence electrons. The molecule has 1 aliphatic carbocycles. The SMILES string of the molecule is N#Cc1ccc2c(c1)CC(NC(=O)c1cc(N)cc(Nc3cccc(F)c3)n1)C2. The molecule has 4 N–H and O–H groups in total. The molecule has 0 spiro atoms. The van der Waals surface area contributed by atoms with E-state index in [0.717, 1.165) is 11.1 Å². The Bertz CT molecular complexity index is 1140. The van der Waals surface area contributed by atoms with E-state index in [9.17, 15) is 9.18 Å². The molecule has 2 aromatic carbocycles. The summed E-state index contributed by atoms with van der Waals surface area (Å²) in [7, 11) is 0. The Labute approximate surface area is 167 Å². The van der Waals surface area contributed by atoms with Crippen LogP contribution in [0.3, 0.4) is 0 Å². The number of amides is 1. The summed E-state index contributed by atoms with van der Waals surface area (Å²) in [6.07, 6.45) is 1.36. The van der Waals surface area contributed by atoms with Crippen LogP contribution in [0, 0.1) is 17.1 Å². The molecule has 0 radical (unpaired) electrons. The van der Waals surface area contributed by atoms with Crippen LogP contribution >= 0.6 is 0 Å². The van der Waals surface area contributed by atoms with E-state index in [1.165, 1.54) is 18.2 Å². The molecule has 1 atom stereocenters. The Morgan fingerprint density at radius 3 is 2.76 bits per heavy atom. The van der Waals surface area contributed by atoms with Crippen molar-refractivity contribution in [3.05, 3.63) is 82.8 Å². The molecule has 29 heavy (non-hydrogen) atoms. The Morgan fingerprint density at radius 2 is 1.97 bits per heavy atom. The van der Waals surface area contributed by atoms with Gasteiger partial charge in [-0.05, 0) is 60.4 Å². The minimum absolute atomic E-state index is 0.0747. The molecule has 1 heterocycles. The fourth-order valence-electron chi connectivity index (χ4n) is 3.50. The number of carbonyl (C=O) groups excluding carboxylic acids is 1. The van der Waals surface area contributed by atoms with Crippen LogP contribution in [0.15, 0.2) is 54.6 Å². The van der Waals surface area contributed by atoms with E-state index in [4.69, 9.17) is 11.0 Å². The molecule has 0 aliphatic heterocycles. The maximum atomic E-state index is 13.4. The second kappa shape index (κ2) is 7.60. The number of benzene rings is 2. The molecular formula is C22H18FN5O. The number of anilines is 3. The van der Waals surface area contributed by atoms with Crippen molar-refractivity contribution in [1.82, 2.24) is 10.3 Å². The molecule has 1 amide bonds. The molecule has 0 fully saturated rings. The Hall–Kier alpha value is -3.92. The molecule has 1 aliphatic rings. The minimum atomic E-state index is -0.378. The second-order valence-corrected chi connectivity index (χ2v) is 6.98. The van der Waals surface area contributed by atoms with E-state index < -0.39 is 0 Å². The van der Waals surface area contributed by atoms with Gasteiger partial charge < -0.3 is 16.4 Å². The number of aromatic nitrogens is 1. The van der Waals surface area contributed by atoms with Gasteiger partial charge in [0, 0.05) is 23.5 Å². The van der Waals surface area contributed by atoms with Gasteiger partial charge in [-0.2, -0.15) is 5.26 Å². The lowest BCUT2D eigenvalue weighted by Crippen LogP contribution is -2.35. The molecule has 0 saturated carbocycles. The van der Waals surface area contributed by atoms with Gasteiger partial charge in [0.1, 0.15) is 17.3 Å². The highest BCUT2D eigenvalue weighted by Gasteiger charge is 2.24. The zero-order valence-corrected chi connectivity index (χ0v) is 15.4. The average Bonchev–Trinajstić information content (AvgIpc) is 3.08. The molecule has 4 rings (SSSR count). The zero-order chi connectivity index (χ0) is 20.4. The van der Waals surface area contributed by atoms with Crippen LogP contribution in [0.1, 0.15) is 27.2 Å². The van der Waals surface area contributed by atoms with Crippen molar-refractivity contribution in [3.8, 4) is 6.07 Å². The number of nitrogen functional groups attached to an aromatic ring is 1. The Kier molecular flexibility index (Phi) is 4.83. The molecule has 1 aromatic heterocycles. The number of hydrogen-bond acceptors (Lipinski definition) is 5. The summed E-state index contributed by atoms with van der Waals surface area (Å²) in [6.45, 7) is 0. The van der Waals surface area contributed by atoms with Crippen LogP contribution < -0.4 is 16.4 Å². The van der Waals surface area contributed by atoms with Crippen LogP contribution in [0.2, 0.25) is 0 Å².